The van der Waals surface area contributed by atoms with Crippen molar-refractivity contribution in [1.82, 2.24) is 4.90 Å². The SMILES string of the molecule is C=C/C=C(\C=C/C/C=C1\C(N)=NC=CN1C)C(N)=O. The van der Waals surface area contributed by atoms with Gasteiger partial charge >= 0.3 is 0 Å². The van der Waals surface area contributed by atoms with Gasteiger partial charge in [-0.2, -0.15) is 0 Å². The van der Waals surface area contributed by atoms with E-state index in [0.29, 0.717) is 17.8 Å². The molecule has 1 aliphatic heterocycles. The first-order valence-electron chi connectivity index (χ1n) is 5.78. The molecule has 1 aliphatic rings. The van der Waals surface area contributed by atoms with E-state index in [4.69, 9.17) is 11.5 Å². The lowest BCUT2D eigenvalue weighted by molar-refractivity contribution is -0.114. The van der Waals surface area contributed by atoms with E-state index in [9.17, 15) is 4.79 Å². The fourth-order valence-corrected chi connectivity index (χ4v) is 1.51. The lowest BCUT2D eigenvalue weighted by Gasteiger charge is -2.20. The molecule has 0 bridgehead atoms. The molecule has 1 amide bonds. The lowest BCUT2D eigenvalue weighted by Crippen LogP contribution is -2.27. The molecule has 0 aromatic heterocycles. The van der Waals surface area contributed by atoms with Gasteiger partial charge in [0, 0.05) is 25.0 Å². The van der Waals surface area contributed by atoms with Gasteiger partial charge in [0.15, 0.2) is 0 Å². The molecular formula is C14H18N4O. The number of rotatable bonds is 5. The number of nitrogens with zero attached hydrogens (tertiary/aromatic N) is 2. The Bertz CT molecular complexity index is 510. The van der Waals surface area contributed by atoms with Crippen molar-refractivity contribution in [2.45, 2.75) is 6.42 Å². The molecule has 5 nitrogen and oxygen atoms in total. The van der Waals surface area contributed by atoms with Gasteiger partial charge < -0.3 is 16.4 Å². The molecule has 0 atom stereocenters. The zero-order valence-electron chi connectivity index (χ0n) is 10.9. The topological polar surface area (TPSA) is 84.7 Å². The van der Waals surface area contributed by atoms with E-state index in [1.165, 1.54) is 6.08 Å². The molecule has 0 aromatic carbocycles. The van der Waals surface area contributed by atoms with E-state index in [-0.39, 0.29) is 0 Å². The summed E-state index contributed by atoms with van der Waals surface area (Å²) < 4.78 is 0. The predicted molar refractivity (Wildman–Crippen MR) is 77.8 cm³/mol. The predicted octanol–water partition coefficient (Wildman–Crippen LogP) is 1.19. The Morgan fingerprint density at radius 3 is 2.89 bits per heavy atom. The van der Waals surface area contributed by atoms with Crippen LogP contribution in [0, 0.1) is 0 Å². The third kappa shape index (κ3) is 4.31. The van der Waals surface area contributed by atoms with Gasteiger partial charge in [-0.25, -0.2) is 4.99 Å². The summed E-state index contributed by atoms with van der Waals surface area (Å²) in [5.74, 6) is -0.0160. The molecule has 0 saturated carbocycles. The second-order valence-electron chi connectivity index (χ2n) is 3.87. The van der Waals surface area contributed by atoms with Crippen LogP contribution in [0.4, 0.5) is 0 Å². The molecule has 0 radical (unpaired) electrons. The largest absolute Gasteiger partial charge is 0.382 e. The smallest absolute Gasteiger partial charge is 0.248 e. The minimum atomic E-state index is -0.484. The summed E-state index contributed by atoms with van der Waals surface area (Å²) in [5, 5.41) is 0. The summed E-state index contributed by atoms with van der Waals surface area (Å²) in [6, 6.07) is 0. The summed E-state index contributed by atoms with van der Waals surface area (Å²) in [6.45, 7) is 3.53. The van der Waals surface area contributed by atoms with E-state index in [2.05, 4.69) is 11.6 Å². The number of hydrogen-bond acceptors (Lipinski definition) is 4. The van der Waals surface area contributed by atoms with Gasteiger partial charge in [-0.1, -0.05) is 37.0 Å². The summed E-state index contributed by atoms with van der Waals surface area (Å²) in [5.41, 5.74) is 12.2. The van der Waals surface area contributed by atoms with Crippen LogP contribution in [0.3, 0.4) is 0 Å². The number of carbonyl (C=O) groups excluding carboxylic acids is 1. The maximum absolute atomic E-state index is 11.1. The zero-order chi connectivity index (χ0) is 14.3. The molecule has 0 unspecified atom stereocenters. The number of hydrogen-bond donors (Lipinski definition) is 2. The number of aliphatic imine (C=N–C) groups is 1. The second kappa shape index (κ2) is 7.00. The van der Waals surface area contributed by atoms with Gasteiger partial charge in [0.25, 0.3) is 0 Å². The van der Waals surface area contributed by atoms with E-state index >= 15 is 0 Å². The molecule has 4 N–H and O–H groups in total. The Balaban J connectivity index is 2.70. The summed E-state index contributed by atoms with van der Waals surface area (Å²) >= 11 is 0. The van der Waals surface area contributed by atoms with Crippen molar-refractivity contribution >= 4 is 11.7 Å². The van der Waals surface area contributed by atoms with Crippen LogP contribution in [-0.4, -0.2) is 23.7 Å². The Morgan fingerprint density at radius 1 is 1.58 bits per heavy atom. The van der Waals surface area contributed by atoms with Crippen LogP contribution in [0.25, 0.3) is 0 Å². The fraction of sp³-hybridized carbons (Fsp3) is 0.143. The highest BCUT2D eigenvalue weighted by Crippen LogP contribution is 2.09. The van der Waals surface area contributed by atoms with Gasteiger partial charge in [0.1, 0.15) is 5.84 Å². The number of nitrogens with two attached hydrogens (primary N) is 2. The first kappa shape index (κ1) is 14.5. The molecule has 1 heterocycles. The Labute approximate surface area is 113 Å². The third-order valence-electron chi connectivity index (χ3n) is 2.47. The molecule has 19 heavy (non-hydrogen) atoms. The highest BCUT2D eigenvalue weighted by molar-refractivity contribution is 5.97. The Hall–Kier alpha value is -2.56. The lowest BCUT2D eigenvalue weighted by atomic mass is 10.2. The third-order valence-corrected chi connectivity index (χ3v) is 2.47. The maximum Gasteiger partial charge on any atom is 0.248 e. The first-order chi connectivity index (χ1) is 9.06. The zero-order valence-corrected chi connectivity index (χ0v) is 10.9. The van der Waals surface area contributed by atoms with Crippen molar-refractivity contribution in [3.8, 4) is 0 Å². The highest BCUT2D eigenvalue weighted by Gasteiger charge is 2.08. The molecule has 1 rings (SSSR count). The Morgan fingerprint density at radius 2 is 2.32 bits per heavy atom. The van der Waals surface area contributed by atoms with Crippen molar-refractivity contribution < 1.29 is 4.79 Å². The Kier molecular flexibility index (Phi) is 5.35. The molecule has 0 fully saturated rings. The molecule has 0 aliphatic carbocycles. The van der Waals surface area contributed by atoms with Crippen LogP contribution in [0.5, 0.6) is 0 Å². The number of likely N-dealkylation sites (N-methyl/N-ethyl adjacent to an activating group) is 1. The first-order valence-corrected chi connectivity index (χ1v) is 5.78. The van der Waals surface area contributed by atoms with Gasteiger partial charge in [0.05, 0.1) is 5.70 Å². The average molecular weight is 258 g/mol. The number of carbonyl (C=O) groups is 1. The van der Waals surface area contributed by atoms with Crippen LogP contribution < -0.4 is 11.5 Å². The van der Waals surface area contributed by atoms with Crippen LogP contribution in [0.2, 0.25) is 0 Å². The van der Waals surface area contributed by atoms with Crippen molar-refractivity contribution in [2.75, 3.05) is 7.05 Å². The number of allylic oxidation sites excluding steroid dienone is 4. The van der Waals surface area contributed by atoms with E-state index in [0.717, 1.165) is 5.70 Å². The summed E-state index contributed by atoms with van der Waals surface area (Å²) in [4.78, 5) is 17.0. The van der Waals surface area contributed by atoms with Crippen molar-refractivity contribution in [1.29, 1.82) is 0 Å². The number of amides is 1. The standard InChI is InChI=1S/C14H18N4O/c1-3-6-11(14(16)19)7-4-5-8-12-13(15)17-9-10-18(12)2/h3-4,6-10H,1,5H2,2H3,(H2,15,17)(H2,16,19)/b7-4-,11-6+,12-8+. The van der Waals surface area contributed by atoms with Crippen molar-refractivity contribution in [3.63, 3.8) is 0 Å². The van der Waals surface area contributed by atoms with Crippen LogP contribution >= 0.6 is 0 Å². The number of amidine groups is 1. The molecular weight excluding hydrogens is 240 g/mol. The molecule has 100 valence electrons. The van der Waals surface area contributed by atoms with Gasteiger partial charge in [-0.15, -0.1) is 0 Å². The fourth-order valence-electron chi connectivity index (χ4n) is 1.51. The van der Waals surface area contributed by atoms with Crippen LogP contribution in [0.15, 0.2) is 65.6 Å². The second-order valence-corrected chi connectivity index (χ2v) is 3.87. The molecule has 0 aromatic rings. The van der Waals surface area contributed by atoms with Crippen LogP contribution in [-0.2, 0) is 4.79 Å². The molecule has 0 spiro atoms. The minimum Gasteiger partial charge on any atom is -0.382 e. The minimum absolute atomic E-state index is 0.409. The van der Waals surface area contributed by atoms with Gasteiger partial charge in [0.2, 0.25) is 5.91 Å². The molecule has 5 heteroatoms. The van der Waals surface area contributed by atoms with E-state index in [1.54, 1.807) is 18.4 Å². The normalized spacial score (nSPS) is 17.9. The average Bonchev–Trinajstić information content (AvgIpc) is 2.35. The van der Waals surface area contributed by atoms with Crippen molar-refractivity contribution in [3.05, 3.63) is 60.6 Å². The van der Waals surface area contributed by atoms with Crippen molar-refractivity contribution in [2.24, 2.45) is 16.5 Å². The van der Waals surface area contributed by atoms with Gasteiger partial charge in [-0.3, -0.25) is 4.79 Å². The number of primary amides is 1. The van der Waals surface area contributed by atoms with Gasteiger partial charge in [-0.05, 0) is 6.42 Å². The summed E-state index contributed by atoms with van der Waals surface area (Å²) in [7, 11) is 1.89. The summed E-state index contributed by atoms with van der Waals surface area (Å²) in [6.07, 6.45) is 12.6. The quantitative estimate of drug-likeness (QED) is 0.573. The highest BCUT2D eigenvalue weighted by atomic mass is 16.1. The van der Waals surface area contributed by atoms with E-state index in [1.807, 2.05) is 30.3 Å². The maximum atomic E-state index is 11.1. The molecule has 0 saturated heterocycles. The van der Waals surface area contributed by atoms with E-state index < -0.39 is 5.91 Å². The van der Waals surface area contributed by atoms with Crippen LogP contribution in [0.1, 0.15) is 6.42 Å². The monoisotopic (exact) mass is 258 g/mol.